The molecule has 0 spiro atoms. The fraction of sp³-hybridized carbons (Fsp3) is 0.310. The highest BCUT2D eigenvalue weighted by molar-refractivity contribution is 6.09. The Morgan fingerprint density at radius 2 is 1.92 bits per heavy atom. The van der Waals surface area contributed by atoms with Crippen molar-refractivity contribution in [3.63, 3.8) is 0 Å². The van der Waals surface area contributed by atoms with Crippen LogP contribution in [0, 0.1) is 5.41 Å². The van der Waals surface area contributed by atoms with Crippen molar-refractivity contribution in [3.8, 4) is 0 Å². The van der Waals surface area contributed by atoms with Gasteiger partial charge in [0.05, 0.1) is 17.3 Å². The minimum atomic E-state index is -2.99. The van der Waals surface area contributed by atoms with Crippen molar-refractivity contribution in [1.82, 2.24) is 9.78 Å². The molecule has 0 aliphatic carbocycles. The van der Waals surface area contributed by atoms with Crippen LogP contribution in [0.3, 0.4) is 0 Å². The van der Waals surface area contributed by atoms with Gasteiger partial charge < -0.3 is 21.8 Å². The number of hydrogen-bond donors (Lipinski definition) is 4. The van der Waals surface area contributed by atoms with Crippen molar-refractivity contribution < 1.29 is 13.6 Å². The first-order valence-corrected chi connectivity index (χ1v) is 12.5. The fourth-order valence-corrected chi connectivity index (χ4v) is 3.66. The van der Waals surface area contributed by atoms with E-state index in [4.69, 9.17) is 11.1 Å². The van der Waals surface area contributed by atoms with Crippen molar-refractivity contribution in [2.45, 2.75) is 46.0 Å². The molecule has 1 amide bonds. The largest absolute Gasteiger partial charge is 0.398 e. The minimum absolute atomic E-state index is 0.0840. The Balaban J connectivity index is 0.000000274. The van der Waals surface area contributed by atoms with Crippen LogP contribution < -0.4 is 16.4 Å². The Kier molecular flexibility index (Phi) is 11.1. The van der Waals surface area contributed by atoms with Crippen LogP contribution in [0.5, 0.6) is 0 Å². The molecule has 5 N–H and O–H groups in total. The lowest BCUT2D eigenvalue weighted by Gasteiger charge is -2.18. The molecule has 0 saturated heterocycles. The molecule has 3 aromatic rings. The van der Waals surface area contributed by atoms with Gasteiger partial charge >= 0.3 is 0 Å². The van der Waals surface area contributed by atoms with Gasteiger partial charge in [-0.05, 0) is 55.2 Å². The van der Waals surface area contributed by atoms with Crippen molar-refractivity contribution in [2.24, 2.45) is 12.0 Å². The standard InChI is InChI=1S/C15H19N3O.C14H18F2N4/c1-4-11(2)12-6-5-7-14(8-12)17-15(19)13-9-16-18(3)10-13;1-4-11(14(2,15)16)13(19-3)20-10-5-6-12(18)9(7-10)8-17/h5-11H,4H2,1-3H3,(H,17,19);4-8,17H,18H2,1-3H3,(H,19,20)/b;11-4+,17-8?. The first kappa shape index (κ1) is 30.9. The van der Waals surface area contributed by atoms with E-state index >= 15 is 0 Å². The van der Waals surface area contributed by atoms with Gasteiger partial charge in [-0.15, -0.1) is 0 Å². The molecule has 0 radical (unpaired) electrons. The lowest BCUT2D eigenvalue weighted by Crippen LogP contribution is -2.27. The summed E-state index contributed by atoms with van der Waals surface area (Å²) in [6.45, 7) is 6.69. The maximum Gasteiger partial charge on any atom is 0.273 e. The molecule has 0 bridgehead atoms. The summed E-state index contributed by atoms with van der Waals surface area (Å²) in [6, 6.07) is 12.9. The number of nitrogens with two attached hydrogens (primary N) is 1. The van der Waals surface area contributed by atoms with E-state index in [0.29, 0.717) is 28.4 Å². The summed E-state index contributed by atoms with van der Waals surface area (Å²) in [5.74, 6) is -2.54. The third-order valence-electron chi connectivity index (χ3n) is 6.04. The third-order valence-corrected chi connectivity index (χ3v) is 6.04. The molecule has 10 heteroatoms. The molecule has 0 fully saturated rings. The lowest BCUT2D eigenvalue weighted by atomic mass is 9.98. The molecule has 1 aromatic heterocycles. The van der Waals surface area contributed by atoms with Gasteiger partial charge in [-0.2, -0.15) is 5.10 Å². The predicted octanol–water partition coefficient (Wildman–Crippen LogP) is 6.49. The Bertz CT molecular complexity index is 1340. The Morgan fingerprint density at radius 3 is 2.46 bits per heavy atom. The second-order valence-corrected chi connectivity index (χ2v) is 9.07. The van der Waals surface area contributed by atoms with E-state index in [2.05, 4.69) is 40.6 Å². The number of allylic oxidation sites excluding steroid dienone is 1. The molecule has 208 valence electrons. The summed E-state index contributed by atoms with van der Waals surface area (Å²) < 4.78 is 28.6. The monoisotopic (exact) mass is 537 g/mol. The number of amidine groups is 1. The summed E-state index contributed by atoms with van der Waals surface area (Å²) in [4.78, 5) is 15.9. The SMILES string of the molecule is C/C=C(\C(=NC)Nc1ccc(N)c(C=N)c1)C(C)(F)F.CCC(C)c1cccc(NC(=O)c2cnn(C)c2)c1. The highest BCUT2D eigenvalue weighted by atomic mass is 19.3. The number of aromatic nitrogens is 2. The Hall–Kier alpha value is -4.34. The van der Waals surface area contributed by atoms with Crippen LogP contribution in [-0.4, -0.2) is 40.7 Å². The molecular weight excluding hydrogens is 500 g/mol. The zero-order valence-electron chi connectivity index (χ0n) is 23.2. The van der Waals surface area contributed by atoms with Crippen LogP contribution in [0.15, 0.2) is 71.5 Å². The van der Waals surface area contributed by atoms with Gasteiger partial charge in [0, 0.05) is 56.1 Å². The van der Waals surface area contributed by atoms with Crippen molar-refractivity contribution in [1.29, 1.82) is 5.41 Å². The number of aliphatic imine (C=N–C) groups is 1. The highest BCUT2D eigenvalue weighted by Crippen LogP contribution is 2.26. The van der Waals surface area contributed by atoms with Crippen LogP contribution in [0.25, 0.3) is 0 Å². The fourth-order valence-electron chi connectivity index (χ4n) is 3.66. The van der Waals surface area contributed by atoms with Crippen molar-refractivity contribution >= 4 is 35.0 Å². The van der Waals surface area contributed by atoms with E-state index in [1.165, 1.54) is 25.6 Å². The smallest absolute Gasteiger partial charge is 0.273 e. The summed E-state index contributed by atoms with van der Waals surface area (Å²) >= 11 is 0. The number of aryl methyl sites for hydroxylation is 1. The quantitative estimate of drug-likeness (QED) is 0.149. The van der Waals surface area contributed by atoms with Gasteiger partial charge in [-0.3, -0.25) is 14.5 Å². The van der Waals surface area contributed by atoms with E-state index in [1.54, 1.807) is 42.3 Å². The summed E-state index contributed by atoms with van der Waals surface area (Å²) in [6.07, 6.45) is 6.78. The topological polar surface area (TPSA) is 121 Å². The summed E-state index contributed by atoms with van der Waals surface area (Å²) in [7, 11) is 3.23. The number of alkyl halides is 2. The molecule has 3 rings (SSSR count). The van der Waals surface area contributed by atoms with E-state index in [1.807, 2.05) is 18.2 Å². The van der Waals surface area contributed by atoms with E-state index < -0.39 is 5.92 Å². The van der Waals surface area contributed by atoms with Crippen LogP contribution in [0.2, 0.25) is 0 Å². The third kappa shape index (κ3) is 8.87. The molecule has 0 aliphatic heterocycles. The molecule has 0 saturated carbocycles. The number of nitrogens with zero attached hydrogens (tertiary/aromatic N) is 3. The van der Waals surface area contributed by atoms with Gasteiger partial charge in [-0.25, -0.2) is 8.78 Å². The van der Waals surface area contributed by atoms with Crippen LogP contribution in [0.4, 0.5) is 25.8 Å². The number of halogens is 2. The van der Waals surface area contributed by atoms with Gasteiger partial charge in [0.2, 0.25) is 0 Å². The van der Waals surface area contributed by atoms with Crippen molar-refractivity contribution in [2.75, 3.05) is 23.4 Å². The van der Waals surface area contributed by atoms with Gasteiger partial charge in [0.1, 0.15) is 5.84 Å². The van der Waals surface area contributed by atoms with Gasteiger partial charge in [0.15, 0.2) is 0 Å². The van der Waals surface area contributed by atoms with Crippen LogP contribution >= 0.6 is 0 Å². The molecule has 1 unspecified atom stereocenters. The van der Waals surface area contributed by atoms with E-state index in [0.717, 1.165) is 25.2 Å². The molecule has 2 aromatic carbocycles. The van der Waals surface area contributed by atoms with Gasteiger partial charge in [-0.1, -0.05) is 32.1 Å². The number of anilines is 3. The second-order valence-electron chi connectivity index (χ2n) is 9.07. The van der Waals surface area contributed by atoms with Gasteiger partial charge in [0.25, 0.3) is 11.8 Å². The number of benzene rings is 2. The van der Waals surface area contributed by atoms with Crippen LogP contribution in [0.1, 0.15) is 61.5 Å². The molecule has 8 nitrogen and oxygen atoms in total. The maximum absolute atomic E-state index is 13.5. The summed E-state index contributed by atoms with van der Waals surface area (Å²) in [5.41, 5.74) is 9.63. The number of hydrogen-bond acceptors (Lipinski definition) is 5. The number of amides is 1. The predicted molar refractivity (Wildman–Crippen MR) is 156 cm³/mol. The number of nitrogens with one attached hydrogen (secondary N) is 3. The number of rotatable bonds is 8. The van der Waals surface area contributed by atoms with E-state index in [9.17, 15) is 13.6 Å². The molecular formula is C29H37F2N7O. The highest BCUT2D eigenvalue weighted by Gasteiger charge is 2.30. The average molecular weight is 538 g/mol. The lowest BCUT2D eigenvalue weighted by molar-refractivity contribution is 0.0699. The first-order chi connectivity index (χ1) is 18.4. The average Bonchev–Trinajstić information content (AvgIpc) is 3.35. The molecule has 39 heavy (non-hydrogen) atoms. The second kappa shape index (κ2) is 14.0. The Labute approximate surface area is 228 Å². The molecule has 0 aliphatic rings. The number of carbonyl (C=O) groups is 1. The Morgan fingerprint density at radius 1 is 1.23 bits per heavy atom. The number of carbonyl (C=O) groups excluding carboxylic acids is 1. The summed E-state index contributed by atoms with van der Waals surface area (Å²) in [5, 5.41) is 17.0. The zero-order valence-corrected chi connectivity index (χ0v) is 23.2. The zero-order chi connectivity index (χ0) is 29.2. The van der Waals surface area contributed by atoms with E-state index in [-0.39, 0.29) is 17.3 Å². The minimum Gasteiger partial charge on any atom is -0.398 e. The van der Waals surface area contributed by atoms with Crippen molar-refractivity contribution in [3.05, 3.63) is 83.2 Å². The first-order valence-electron chi connectivity index (χ1n) is 12.5. The van der Waals surface area contributed by atoms with Crippen LogP contribution in [-0.2, 0) is 7.05 Å². The normalized spacial score (nSPS) is 12.7. The molecule has 1 heterocycles. The number of nitrogen functional groups attached to an aromatic ring is 1. The maximum atomic E-state index is 13.5. The molecule has 1 atom stereocenters.